The van der Waals surface area contributed by atoms with Gasteiger partial charge >= 0.3 is 0 Å². The fourth-order valence-electron chi connectivity index (χ4n) is 3.02. The van der Waals surface area contributed by atoms with Crippen molar-refractivity contribution in [2.45, 2.75) is 6.42 Å². The maximum atomic E-state index is 12.5. The monoisotopic (exact) mass is 442 g/mol. The van der Waals surface area contributed by atoms with Gasteiger partial charge in [0, 0.05) is 46.5 Å². The molecule has 0 aliphatic carbocycles. The molecule has 1 aliphatic rings. The van der Waals surface area contributed by atoms with Gasteiger partial charge in [0.05, 0.1) is 10.8 Å². The molecule has 5 rings (SSSR count). The lowest BCUT2D eigenvalue weighted by molar-refractivity contribution is 0.693. The first-order chi connectivity index (χ1) is 13.3. The zero-order valence-electron chi connectivity index (χ0n) is 14.1. The zero-order chi connectivity index (χ0) is 18.2. The molecule has 1 aliphatic heterocycles. The Morgan fingerprint density at radius 3 is 1.56 bits per heavy atom. The summed E-state index contributed by atoms with van der Waals surface area (Å²) in [5.74, 6) is 0. The van der Waals surface area contributed by atoms with Crippen LogP contribution in [0.2, 0.25) is 0 Å². The highest BCUT2D eigenvalue weighted by atomic mass is 32.2. The van der Waals surface area contributed by atoms with Gasteiger partial charge in [-0.15, -0.1) is 45.3 Å². The van der Waals surface area contributed by atoms with Crippen molar-refractivity contribution in [1.29, 1.82) is 0 Å². The van der Waals surface area contributed by atoms with Crippen molar-refractivity contribution in [1.82, 2.24) is 0 Å². The van der Waals surface area contributed by atoms with Gasteiger partial charge in [-0.2, -0.15) is 0 Å². The molecule has 4 aromatic heterocycles. The maximum absolute atomic E-state index is 12.5. The SMILES string of the molecule is O=S1C=C(c2ccc(-c3cccs3)s2)CC(c2ccc(-c3cccs3)s2)=C1. The largest absolute Gasteiger partial charge is 0.250 e. The summed E-state index contributed by atoms with van der Waals surface area (Å²) < 4.78 is 12.5. The predicted molar refractivity (Wildman–Crippen MR) is 124 cm³/mol. The molecule has 134 valence electrons. The highest BCUT2D eigenvalue weighted by molar-refractivity contribution is 7.91. The molecule has 0 atom stereocenters. The Labute approximate surface area is 176 Å². The van der Waals surface area contributed by atoms with Crippen LogP contribution in [-0.2, 0) is 10.8 Å². The molecule has 0 bridgehead atoms. The molecule has 0 N–H and O–H groups in total. The van der Waals surface area contributed by atoms with E-state index in [4.69, 9.17) is 0 Å². The summed E-state index contributed by atoms with van der Waals surface area (Å²) >= 11 is 7.09. The lowest BCUT2D eigenvalue weighted by Gasteiger charge is -2.12. The molecule has 0 amide bonds. The van der Waals surface area contributed by atoms with Gasteiger partial charge in [-0.05, 0) is 58.3 Å². The van der Waals surface area contributed by atoms with Crippen molar-refractivity contribution in [3.8, 4) is 19.5 Å². The van der Waals surface area contributed by atoms with Crippen LogP contribution in [0, 0.1) is 0 Å². The fourth-order valence-corrected chi connectivity index (χ4v) is 7.92. The summed E-state index contributed by atoms with van der Waals surface area (Å²) in [6.07, 6.45) is 0.834. The van der Waals surface area contributed by atoms with Crippen LogP contribution in [-0.4, -0.2) is 4.21 Å². The minimum Gasteiger partial charge on any atom is -0.250 e. The van der Waals surface area contributed by atoms with Crippen LogP contribution in [0.25, 0.3) is 30.7 Å². The van der Waals surface area contributed by atoms with E-state index in [2.05, 4.69) is 59.3 Å². The number of thiophene rings is 4. The summed E-state index contributed by atoms with van der Waals surface area (Å²) in [5, 5.41) is 8.02. The van der Waals surface area contributed by atoms with Crippen molar-refractivity contribution in [2.75, 3.05) is 0 Å². The van der Waals surface area contributed by atoms with Crippen molar-refractivity contribution in [3.05, 3.63) is 79.9 Å². The third kappa shape index (κ3) is 3.60. The summed E-state index contributed by atoms with van der Waals surface area (Å²) in [5.41, 5.74) is 2.34. The molecule has 5 heterocycles. The van der Waals surface area contributed by atoms with Gasteiger partial charge in [0.25, 0.3) is 0 Å². The van der Waals surface area contributed by atoms with Gasteiger partial charge in [-0.1, -0.05) is 12.1 Å². The third-order valence-electron chi connectivity index (χ3n) is 4.27. The van der Waals surface area contributed by atoms with Gasteiger partial charge in [0.15, 0.2) is 0 Å². The highest BCUT2D eigenvalue weighted by Crippen LogP contribution is 2.42. The Hall–Kier alpha value is -1.57. The van der Waals surface area contributed by atoms with Gasteiger partial charge < -0.3 is 0 Å². The molecule has 4 aromatic rings. The van der Waals surface area contributed by atoms with E-state index in [1.54, 1.807) is 45.3 Å². The van der Waals surface area contributed by atoms with Crippen LogP contribution in [0.1, 0.15) is 16.2 Å². The summed E-state index contributed by atoms with van der Waals surface area (Å²) in [4.78, 5) is 7.56. The molecule has 0 spiro atoms. The van der Waals surface area contributed by atoms with E-state index in [1.807, 2.05) is 10.8 Å². The number of allylic oxidation sites excluding steroid dienone is 2. The van der Waals surface area contributed by atoms with E-state index in [-0.39, 0.29) is 0 Å². The molecule has 6 heteroatoms. The predicted octanol–water partition coefficient (Wildman–Crippen LogP) is 7.80. The van der Waals surface area contributed by atoms with Crippen LogP contribution < -0.4 is 0 Å². The smallest absolute Gasteiger partial charge is 0.0709 e. The highest BCUT2D eigenvalue weighted by Gasteiger charge is 2.18. The van der Waals surface area contributed by atoms with Gasteiger partial charge in [0.1, 0.15) is 0 Å². The van der Waals surface area contributed by atoms with Crippen molar-refractivity contribution >= 4 is 67.3 Å². The Morgan fingerprint density at radius 1 is 0.630 bits per heavy atom. The van der Waals surface area contributed by atoms with E-state index in [1.165, 1.54) is 40.4 Å². The first kappa shape index (κ1) is 17.5. The summed E-state index contributed by atoms with van der Waals surface area (Å²) in [6.45, 7) is 0. The molecule has 1 nitrogen and oxygen atoms in total. The van der Waals surface area contributed by atoms with E-state index < -0.39 is 10.8 Å². The molecule has 0 aromatic carbocycles. The number of hydrogen-bond acceptors (Lipinski definition) is 5. The summed E-state index contributed by atoms with van der Waals surface area (Å²) in [6, 6.07) is 17.1. The lowest BCUT2D eigenvalue weighted by atomic mass is 10.1. The second-order valence-electron chi connectivity index (χ2n) is 6.07. The molecule has 0 radical (unpaired) electrons. The van der Waals surface area contributed by atoms with Crippen molar-refractivity contribution < 1.29 is 4.21 Å². The van der Waals surface area contributed by atoms with Crippen LogP contribution in [0.4, 0.5) is 0 Å². The Morgan fingerprint density at radius 2 is 1.11 bits per heavy atom. The Kier molecular flexibility index (Phi) is 4.83. The molecular formula is C21H14OS5. The van der Waals surface area contributed by atoms with Gasteiger partial charge in [-0.3, -0.25) is 4.21 Å². The fraction of sp³-hybridized carbons (Fsp3) is 0.0476. The minimum atomic E-state index is -1.06. The second kappa shape index (κ2) is 7.45. The number of hydrogen-bond donors (Lipinski definition) is 0. The van der Waals surface area contributed by atoms with E-state index in [0.717, 1.165) is 6.42 Å². The van der Waals surface area contributed by atoms with Crippen molar-refractivity contribution in [3.63, 3.8) is 0 Å². The molecular weight excluding hydrogens is 429 g/mol. The van der Waals surface area contributed by atoms with Crippen LogP contribution in [0.3, 0.4) is 0 Å². The lowest BCUT2D eigenvalue weighted by Crippen LogP contribution is -1.95. The Bertz CT molecular complexity index is 1060. The topological polar surface area (TPSA) is 17.1 Å². The zero-order valence-corrected chi connectivity index (χ0v) is 18.2. The normalized spacial score (nSPS) is 15.0. The number of rotatable bonds is 4. The molecule has 0 unspecified atom stereocenters. The quantitative estimate of drug-likeness (QED) is 0.315. The van der Waals surface area contributed by atoms with Crippen LogP contribution >= 0.6 is 45.3 Å². The van der Waals surface area contributed by atoms with E-state index in [9.17, 15) is 4.21 Å². The molecule has 0 fully saturated rings. The van der Waals surface area contributed by atoms with E-state index in [0.29, 0.717) is 0 Å². The average Bonchev–Trinajstić information content (AvgIpc) is 3.49. The summed E-state index contributed by atoms with van der Waals surface area (Å²) in [7, 11) is -1.06. The van der Waals surface area contributed by atoms with Crippen molar-refractivity contribution in [2.24, 2.45) is 0 Å². The van der Waals surface area contributed by atoms with Crippen LogP contribution in [0.5, 0.6) is 0 Å². The third-order valence-corrected chi connectivity index (χ3v) is 9.76. The first-order valence-electron chi connectivity index (χ1n) is 8.35. The average molecular weight is 443 g/mol. The first-order valence-corrected chi connectivity index (χ1v) is 13.0. The standard InChI is InChI=1S/C21H14OS5/c22-27-12-14(16-5-7-20(25-16)18-3-1-9-23-18)11-15(13-27)17-6-8-21(26-17)19-4-2-10-24-19/h1-10,12-13H,11H2. The maximum Gasteiger partial charge on any atom is 0.0709 e. The molecule has 0 saturated heterocycles. The second-order valence-corrected chi connectivity index (χ2v) is 11.3. The van der Waals surface area contributed by atoms with Gasteiger partial charge in [0.2, 0.25) is 0 Å². The minimum absolute atomic E-state index is 0.834. The van der Waals surface area contributed by atoms with Gasteiger partial charge in [-0.25, -0.2) is 0 Å². The Balaban J connectivity index is 1.42. The van der Waals surface area contributed by atoms with Crippen LogP contribution in [0.15, 0.2) is 70.1 Å². The molecule has 0 saturated carbocycles. The van der Waals surface area contributed by atoms with E-state index >= 15 is 0 Å². The molecule has 27 heavy (non-hydrogen) atoms.